The van der Waals surface area contributed by atoms with Crippen molar-refractivity contribution in [1.29, 1.82) is 0 Å². The zero-order valence-corrected chi connectivity index (χ0v) is 13.2. The molecule has 0 spiro atoms. The Kier molecular flexibility index (Phi) is 8.11. The van der Waals surface area contributed by atoms with Crippen molar-refractivity contribution in [2.45, 2.75) is 71.8 Å². The van der Waals surface area contributed by atoms with Crippen molar-refractivity contribution < 1.29 is 4.79 Å². The predicted octanol–water partition coefficient (Wildman–Crippen LogP) is 3.29. The van der Waals surface area contributed by atoms with Gasteiger partial charge in [-0.15, -0.1) is 0 Å². The molecule has 3 heteroatoms. The lowest BCUT2D eigenvalue weighted by Crippen LogP contribution is -2.51. The van der Waals surface area contributed by atoms with E-state index in [1.165, 1.54) is 38.5 Å². The molecule has 1 rings (SSSR count). The molecule has 0 aromatic rings. The molecule has 0 atom stereocenters. The van der Waals surface area contributed by atoms with Crippen LogP contribution < -0.4 is 0 Å². The molecule has 19 heavy (non-hydrogen) atoms. The molecular weight excluding hydrogens is 236 g/mol. The number of unbranched alkanes of at least 4 members (excludes halogenated alkanes) is 2. The van der Waals surface area contributed by atoms with Gasteiger partial charge in [-0.1, -0.05) is 46.5 Å². The third kappa shape index (κ3) is 5.52. The molecule has 1 amide bonds. The van der Waals surface area contributed by atoms with Crippen LogP contribution in [0.2, 0.25) is 0 Å². The van der Waals surface area contributed by atoms with Gasteiger partial charge in [-0.05, 0) is 12.8 Å². The van der Waals surface area contributed by atoms with Gasteiger partial charge in [-0.2, -0.15) is 0 Å². The molecule has 3 nitrogen and oxygen atoms in total. The van der Waals surface area contributed by atoms with Crippen LogP contribution in [0.25, 0.3) is 0 Å². The van der Waals surface area contributed by atoms with Gasteiger partial charge in [0.1, 0.15) is 0 Å². The first-order valence-electron chi connectivity index (χ1n) is 8.24. The van der Waals surface area contributed by atoms with Crippen molar-refractivity contribution in [2.75, 3.05) is 26.2 Å². The maximum absolute atomic E-state index is 11.7. The first-order valence-corrected chi connectivity index (χ1v) is 8.24. The van der Waals surface area contributed by atoms with E-state index >= 15 is 0 Å². The van der Waals surface area contributed by atoms with Crippen LogP contribution in [0.15, 0.2) is 0 Å². The van der Waals surface area contributed by atoms with Gasteiger partial charge < -0.3 is 4.90 Å². The fourth-order valence-electron chi connectivity index (χ4n) is 2.95. The van der Waals surface area contributed by atoms with Crippen molar-refractivity contribution >= 4 is 5.91 Å². The number of piperazine rings is 1. The maximum atomic E-state index is 11.7. The first kappa shape index (κ1) is 16.5. The Morgan fingerprint density at radius 3 is 1.89 bits per heavy atom. The summed E-state index contributed by atoms with van der Waals surface area (Å²) in [5, 5.41) is 0. The van der Waals surface area contributed by atoms with Gasteiger partial charge in [0.2, 0.25) is 5.91 Å². The summed E-state index contributed by atoms with van der Waals surface area (Å²) in [6, 6.07) is 0.749. The van der Waals surface area contributed by atoms with E-state index in [0.717, 1.165) is 32.2 Å². The minimum Gasteiger partial charge on any atom is -0.340 e. The molecular formula is C16H32N2O. The molecule has 0 bridgehead atoms. The highest BCUT2D eigenvalue weighted by molar-refractivity contribution is 5.75. The summed E-state index contributed by atoms with van der Waals surface area (Å²) in [6.45, 7) is 10.5. The van der Waals surface area contributed by atoms with E-state index in [9.17, 15) is 4.79 Å². The highest BCUT2D eigenvalue weighted by Gasteiger charge is 2.24. The van der Waals surface area contributed by atoms with Crippen molar-refractivity contribution in [3.8, 4) is 0 Å². The Morgan fingerprint density at radius 1 is 0.947 bits per heavy atom. The number of rotatable bonds is 8. The Balaban J connectivity index is 2.41. The summed E-state index contributed by atoms with van der Waals surface area (Å²) in [5.41, 5.74) is 0. The summed E-state index contributed by atoms with van der Waals surface area (Å²) in [5.74, 6) is 0.318. The van der Waals surface area contributed by atoms with Crippen molar-refractivity contribution in [3.63, 3.8) is 0 Å². The molecule has 112 valence electrons. The molecule has 0 radical (unpaired) electrons. The van der Waals surface area contributed by atoms with E-state index in [-0.39, 0.29) is 0 Å². The second-order valence-electron chi connectivity index (χ2n) is 5.71. The Hall–Kier alpha value is -0.570. The Bertz CT molecular complexity index is 239. The normalized spacial score (nSPS) is 17.2. The van der Waals surface area contributed by atoms with Crippen LogP contribution >= 0.6 is 0 Å². The highest BCUT2D eigenvalue weighted by atomic mass is 16.2. The number of nitrogens with zero attached hydrogens (tertiary/aromatic N) is 2. The Labute approximate surface area is 119 Å². The molecule has 0 saturated carbocycles. The van der Waals surface area contributed by atoms with E-state index in [1.807, 2.05) is 11.8 Å². The average molecular weight is 268 g/mol. The van der Waals surface area contributed by atoms with Gasteiger partial charge in [0.15, 0.2) is 0 Å². The van der Waals surface area contributed by atoms with Crippen LogP contribution in [0.3, 0.4) is 0 Å². The number of carbonyl (C=O) groups excluding carboxylic acids is 1. The van der Waals surface area contributed by atoms with Crippen molar-refractivity contribution in [1.82, 2.24) is 9.80 Å². The second kappa shape index (κ2) is 9.35. The minimum absolute atomic E-state index is 0.318. The van der Waals surface area contributed by atoms with E-state index in [2.05, 4.69) is 18.7 Å². The molecule has 0 aromatic carbocycles. The van der Waals surface area contributed by atoms with E-state index < -0.39 is 0 Å². The third-order valence-corrected chi connectivity index (χ3v) is 4.27. The molecule has 0 aliphatic carbocycles. The van der Waals surface area contributed by atoms with Gasteiger partial charge in [-0.3, -0.25) is 9.69 Å². The highest BCUT2D eigenvalue weighted by Crippen LogP contribution is 2.18. The predicted molar refractivity (Wildman–Crippen MR) is 81.3 cm³/mol. The standard InChI is InChI=1S/C16H32N2O/c1-4-7-9-15(10-8-5-2)17-11-13-18(14-12-17)16(19)6-3/h15H,4-14H2,1-3H3. The molecule has 1 fully saturated rings. The van der Waals surface area contributed by atoms with Crippen LogP contribution in [-0.4, -0.2) is 47.9 Å². The summed E-state index contributed by atoms with van der Waals surface area (Å²) >= 11 is 0. The van der Waals surface area contributed by atoms with Crippen LogP contribution in [0, 0.1) is 0 Å². The van der Waals surface area contributed by atoms with Gasteiger partial charge in [-0.25, -0.2) is 0 Å². The van der Waals surface area contributed by atoms with E-state index in [4.69, 9.17) is 0 Å². The van der Waals surface area contributed by atoms with Crippen LogP contribution in [-0.2, 0) is 4.79 Å². The van der Waals surface area contributed by atoms with Gasteiger partial charge >= 0.3 is 0 Å². The molecule has 0 N–H and O–H groups in total. The molecule has 1 heterocycles. The lowest BCUT2D eigenvalue weighted by Gasteiger charge is -2.39. The molecule has 1 aliphatic heterocycles. The quantitative estimate of drug-likeness (QED) is 0.674. The van der Waals surface area contributed by atoms with Crippen LogP contribution in [0.5, 0.6) is 0 Å². The summed E-state index contributed by atoms with van der Waals surface area (Å²) < 4.78 is 0. The SMILES string of the molecule is CCCCC(CCCC)N1CCN(C(=O)CC)CC1. The van der Waals surface area contributed by atoms with Crippen molar-refractivity contribution in [2.24, 2.45) is 0 Å². The van der Waals surface area contributed by atoms with Gasteiger partial charge in [0, 0.05) is 38.6 Å². The second-order valence-corrected chi connectivity index (χ2v) is 5.71. The number of amides is 1. The van der Waals surface area contributed by atoms with Crippen molar-refractivity contribution in [3.05, 3.63) is 0 Å². The maximum Gasteiger partial charge on any atom is 0.222 e. The summed E-state index contributed by atoms with van der Waals surface area (Å²) in [4.78, 5) is 16.4. The number of hydrogen-bond acceptors (Lipinski definition) is 2. The topological polar surface area (TPSA) is 23.6 Å². The van der Waals surface area contributed by atoms with Gasteiger partial charge in [0.05, 0.1) is 0 Å². The van der Waals surface area contributed by atoms with E-state index in [0.29, 0.717) is 12.3 Å². The van der Waals surface area contributed by atoms with E-state index in [1.54, 1.807) is 0 Å². The molecule has 1 saturated heterocycles. The fraction of sp³-hybridized carbons (Fsp3) is 0.938. The van der Waals surface area contributed by atoms with Crippen LogP contribution in [0.1, 0.15) is 65.7 Å². The largest absolute Gasteiger partial charge is 0.340 e. The summed E-state index contributed by atoms with van der Waals surface area (Å²) in [6.07, 6.45) is 8.56. The summed E-state index contributed by atoms with van der Waals surface area (Å²) in [7, 11) is 0. The molecule has 1 aliphatic rings. The van der Waals surface area contributed by atoms with Gasteiger partial charge in [0.25, 0.3) is 0 Å². The number of hydrogen-bond donors (Lipinski definition) is 0. The first-order chi connectivity index (χ1) is 9.22. The number of carbonyl (C=O) groups is 1. The minimum atomic E-state index is 0.318. The molecule has 0 aromatic heterocycles. The zero-order chi connectivity index (χ0) is 14.1. The smallest absolute Gasteiger partial charge is 0.222 e. The lowest BCUT2D eigenvalue weighted by atomic mass is 10.0. The fourth-order valence-corrected chi connectivity index (χ4v) is 2.95. The third-order valence-electron chi connectivity index (χ3n) is 4.27. The monoisotopic (exact) mass is 268 g/mol. The average Bonchev–Trinajstić information content (AvgIpc) is 2.47. The lowest BCUT2D eigenvalue weighted by molar-refractivity contribution is -0.133. The zero-order valence-electron chi connectivity index (χ0n) is 13.2. The Morgan fingerprint density at radius 2 is 1.47 bits per heavy atom. The molecule has 0 unspecified atom stereocenters. The van der Waals surface area contributed by atoms with Crippen LogP contribution in [0.4, 0.5) is 0 Å².